The summed E-state index contributed by atoms with van der Waals surface area (Å²) in [5.41, 5.74) is 9.87. The second kappa shape index (κ2) is 10.9. The molecule has 0 saturated carbocycles. The monoisotopic (exact) mass is 601 g/mol. The molecule has 0 saturated heterocycles. The second-order valence-electron chi connectivity index (χ2n) is 9.73. The van der Waals surface area contributed by atoms with Crippen LogP contribution in [0.5, 0.6) is 0 Å². The summed E-state index contributed by atoms with van der Waals surface area (Å²) in [6.45, 7) is 1.79. The van der Waals surface area contributed by atoms with Gasteiger partial charge in [-0.3, -0.25) is 9.10 Å². The first kappa shape index (κ1) is 27.9. The molecule has 43 heavy (non-hydrogen) atoms. The van der Waals surface area contributed by atoms with Crippen LogP contribution in [-0.2, 0) is 10.9 Å². The number of thiol groups is 1. The molecule has 0 atom stereocenters. The predicted molar refractivity (Wildman–Crippen MR) is 163 cm³/mol. The van der Waals surface area contributed by atoms with Crippen LogP contribution in [0.15, 0.2) is 77.2 Å². The molecule has 0 unspecified atom stereocenters. The Hall–Kier alpha value is -5.23. The van der Waals surface area contributed by atoms with E-state index in [0.717, 1.165) is 0 Å². The number of carbonyl (C=O) groups excluding carboxylic acids is 1. The number of amides is 1. The van der Waals surface area contributed by atoms with Crippen molar-refractivity contribution in [2.45, 2.75) is 6.92 Å². The van der Waals surface area contributed by atoms with Crippen LogP contribution in [0.25, 0.3) is 55.8 Å². The summed E-state index contributed by atoms with van der Waals surface area (Å²) in [4.78, 5) is 21.1. The van der Waals surface area contributed by atoms with Crippen LogP contribution in [0.2, 0.25) is 0 Å². The molecule has 0 bridgehead atoms. The molecule has 0 aliphatic carbocycles. The van der Waals surface area contributed by atoms with E-state index in [2.05, 4.69) is 10.3 Å². The van der Waals surface area contributed by atoms with Gasteiger partial charge >= 0.3 is 0 Å². The molecule has 0 radical (unpaired) electrons. The molecule has 3 aromatic carbocycles. The Balaban J connectivity index is 1.63. The maximum absolute atomic E-state index is 14.4. The molecule has 0 aliphatic rings. The first-order valence-corrected chi connectivity index (χ1v) is 14.4. The molecule has 6 aromatic rings. The zero-order chi connectivity index (χ0) is 30.4. The van der Waals surface area contributed by atoms with Gasteiger partial charge in [-0.1, -0.05) is 6.07 Å². The van der Waals surface area contributed by atoms with Crippen LogP contribution in [0, 0.1) is 11.6 Å². The fourth-order valence-electron chi connectivity index (χ4n) is 5.16. The van der Waals surface area contributed by atoms with E-state index in [4.69, 9.17) is 15.1 Å². The first-order valence-electron chi connectivity index (χ1n) is 13.2. The number of nitrogen functional groups attached to an aromatic ring is 1. The van der Waals surface area contributed by atoms with Crippen LogP contribution in [0.4, 0.5) is 20.2 Å². The summed E-state index contributed by atoms with van der Waals surface area (Å²) in [5, 5.41) is 3.38. The third-order valence-electron chi connectivity index (χ3n) is 7.21. The van der Waals surface area contributed by atoms with Crippen molar-refractivity contribution in [2.75, 3.05) is 23.6 Å². The SMILES string of the molecule is CCN(c1cc2oc(-c3ccc(F)cc3)c(C(=O)NC)c2cc1-c1ccc(N)c(-c2cc3c(F)cccc3[nH]2)n1)[SH](=O)=O. The third kappa shape index (κ3) is 4.85. The summed E-state index contributed by atoms with van der Waals surface area (Å²) in [6, 6.07) is 18.2. The quantitative estimate of drug-likeness (QED) is 0.169. The van der Waals surface area contributed by atoms with Crippen LogP contribution >= 0.6 is 0 Å². The number of furan rings is 1. The molecule has 3 aromatic heterocycles. The Morgan fingerprint density at radius 2 is 1.81 bits per heavy atom. The highest BCUT2D eigenvalue weighted by Crippen LogP contribution is 2.41. The largest absolute Gasteiger partial charge is 0.455 e. The number of rotatable bonds is 7. The minimum Gasteiger partial charge on any atom is -0.455 e. The fraction of sp³-hybridized carbons (Fsp3) is 0.0968. The van der Waals surface area contributed by atoms with Gasteiger partial charge in [-0.15, -0.1) is 0 Å². The highest BCUT2D eigenvalue weighted by molar-refractivity contribution is 7.74. The van der Waals surface area contributed by atoms with Crippen molar-refractivity contribution < 1.29 is 26.4 Å². The Bertz CT molecular complexity index is 2110. The highest BCUT2D eigenvalue weighted by Gasteiger charge is 2.26. The van der Waals surface area contributed by atoms with E-state index < -0.39 is 28.4 Å². The molecule has 0 fully saturated rings. The predicted octanol–water partition coefficient (Wildman–Crippen LogP) is 5.88. The summed E-state index contributed by atoms with van der Waals surface area (Å²) < 4.78 is 60.1. The number of benzene rings is 3. The summed E-state index contributed by atoms with van der Waals surface area (Å²) in [6.07, 6.45) is 0. The smallest absolute Gasteiger partial charge is 0.255 e. The number of nitrogens with zero attached hydrogens (tertiary/aromatic N) is 2. The van der Waals surface area contributed by atoms with E-state index in [1.54, 1.807) is 43.3 Å². The van der Waals surface area contributed by atoms with Crippen molar-refractivity contribution in [1.82, 2.24) is 15.3 Å². The van der Waals surface area contributed by atoms with Crippen molar-refractivity contribution in [2.24, 2.45) is 0 Å². The number of carbonyl (C=O) groups is 1. The number of halogens is 2. The molecule has 0 aliphatic heterocycles. The topological polar surface area (TPSA) is 134 Å². The highest BCUT2D eigenvalue weighted by atomic mass is 32.2. The van der Waals surface area contributed by atoms with Crippen molar-refractivity contribution in [3.63, 3.8) is 0 Å². The number of H-pyrrole nitrogens is 1. The lowest BCUT2D eigenvalue weighted by Crippen LogP contribution is -2.21. The van der Waals surface area contributed by atoms with Crippen LogP contribution in [-0.4, -0.2) is 37.9 Å². The minimum atomic E-state index is -3.07. The molecular weight excluding hydrogens is 576 g/mol. The van der Waals surface area contributed by atoms with Gasteiger partial charge in [0.2, 0.25) is 10.9 Å². The number of hydrogen-bond donors (Lipinski definition) is 4. The average Bonchev–Trinajstić information content (AvgIpc) is 3.60. The normalized spacial score (nSPS) is 11.5. The Labute approximate surface area is 246 Å². The van der Waals surface area contributed by atoms with Crippen molar-refractivity contribution in [3.8, 4) is 34.0 Å². The molecule has 0 spiro atoms. The third-order valence-corrected chi connectivity index (χ3v) is 8.10. The number of aromatic amines is 1. The van der Waals surface area contributed by atoms with Gasteiger partial charge < -0.3 is 20.5 Å². The maximum atomic E-state index is 14.4. The van der Waals surface area contributed by atoms with Crippen molar-refractivity contribution in [1.29, 1.82) is 0 Å². The van der Waals surface area contributed by atoms with E-state index >= 15 is 0 Å². The molecule has 9 nitrogen and oxygen atoms in total. The standard InChI is InChI=1S/C31H25F2N5O4S/c1-3-38(43(40)41)26-15-27-20(28(31(39)35-2)30(42-27)16-7-9-17(32)10-8-16)13-19(26)24-12-11-22(34)29(37-24)25-14-18-21(33)5-4-6-23(18)36-25/h4-15,36,43H,3,34H2,1-2H3,(H,35,39). The first-order chi connectivity index (χ1) is 20.7. The molecule has 3 heterocycles. The number of fused-ring (bicyclic) bond motifs is 2. The Morgan fingerprint density at radius 1 is 1.05 bits per heavy atom. The number of hydrogen-bond acceptors (Lipinski definition) is 6. The van der Waals surface area contributed by atoms with Crippen LogP contribution in [0.3, 0.4) is 0 Å². The molecule has 12 heteroatoms. The van der Waals surface area contributed by atoms with Gasteiger partial charge in [0.05, 0.1) is 28.3 Å². The van der Waals surface area contributed by atoms with Crippen LogP contribution < -0.4 is 15.4 Å². The number of aromatic nitrogens is 2. The van der Waals surface area contributed by atoms with Gasteiger partial charge in [0.15, 0.2) is 0 Å². The van der Waals surface area contributed by atoms with E-state index in [-0.39, 0.29) is 29.1 Å². The zero-order valence-electron chi connectivity index (χ0n) is 22.9. The van der Waals surface area contributed by atoms with Gasteiger partial charge in [-0.05, 0) is 67.6 Å². The maximum Gasteiger partial charge on any atom is 0.255 e. The van der Waals surface area contributed by atoms with Gasteiger partial charge in [0, 0.05) is 47.1 Å². The van der Waals surface area contributed by atoms with Gasteiger partial charge in [0.25, 0.3) is 5.91 Å². The minimum absolute atomic E-state index is 0.105. The second-order valence-corrected chi connectivity index (χ2v) is 10.7. The lowest BCUT2D eigenvalue weighted by molar-refractivity contribution is 0.0964. The molecule has 218 valence electrons. The van der Waals surface area contributed by atoms with Crippen LogP contribution in [0.1, 0.15) is 17.3 Å². The number of anilines is 2. The van der Waals surface area contributed by atoms with Gasteiger partial charge in [-0.25, -0.2) is 22.2 Å². The molecule has 4 N–H and O–H groups in total. The van der Waals surface area contributed by atoms with Gasteiger partial charge in [0.1, 0.15) is 28.7 Å². The zero-order valence-corrected chi connectivity index (χ0v) is 23.8. The molecule has 1 amide bonds. The van der Waals surface area contributed by atoms with E-state index in [1.807, 2.05) is 0 Å². The summed E-state index contributed by atoms with van der Waals surface area (Å²) >= 11 is 0. The number of pyridine rings is 1. The Kier molecular flexibility index (Phi) is 7.06. The average molecular weight is 602 g/mol. The van der Waals surface area contributed by atoms with Crippen molar-refractivity contribution in [3.05, 3.63) is 90.0 Å². The molecule has 6 rings (SSSR count). The lowest BCUT2D eigenvalue weighted by atomic mass is 10.00. The van der Waals surface area contributed by atoms with E-state index in [0.29, 0.717) is 50.2 Å². The summed E-state index contributed by atoms with van der Waals surface area (Å²) in [7, 11) is -1.60. The van der Waals surface area contributed by atoms with E-state index in [1.165, 1.54) is 47.8 Å². The van der Waals surface area contributed by atoms with Gasteiger partial charge in [-0.2, -0.15) is 0 Å². The van der Waals surface area contributed by atoms with E-state index in [9.17, 15) is 22.0 Å². The van der Waals surface area contributed by atoms with Crippen molar-refractivity contribution >= 4 is 50.0 Å². The lowest BCUT2D eigenvalue weighted by Gasteiger charge is -2.20. The number of nitrogens with two attached hydrogens (primary N) is 1. The Morgan fingerprint density at radius 3 is 2.49 bits per heavy atom. The summed E-state index contributed by atoms with van der Waals surface area (Å²) in [5.74, 6) is -1.12. The fourth-order valence-corrected chi connectivity index (χ4v) is 5.73. The molecular formula is C31H25F2N5O4S. The number of nitrogens with one attached hydrogen (secondary N) is 2.